The molecule has 1 aromatic rings. The summed E-state index contributed by atoms with van der Waals surface area (Å²) in [6.07, 6.45) is 2.48. The first kappa shape index (κ1) is 14.8. The van der Waals surface area contributed by atoms with Crippen molar-refractivity contribution in [3.8, 4) is 0 Å². The molecule has 106 valence electrons. The molecule has 1 atom stereocenters. The molecule has 0 aliphatic heterocycles. The highest BCUT2D eigenvalue weighted by atomic mass is 35.5. The second-order valence-electron chi connectivity index (χ2n) is 5.14. The van der Waals surface area contributed by atoms with Crippen LogP contribution in [0.3, 0.4) is 0 Å². The van der Waals surface area contributed by atoms with Gasteiger partial charge in [-0.3, -0.25) is 0 Å². The van der Waals surface area contributed by atoms with Gasteiger partial charge >= 0.3 is 0 Å². The smallest absolute Gasteiger partial charge is 0.0928 e. The van der Waals surface area contributed by atoms with Gasteiger partial charge in [0.05, 0.1) is 12.7 Å². The Morgan fingerprint density at radius 2 is 2.16 bits per heavy atom. The maximum atomic E-state index is 6.02. The highest BCUT2D eigenvalue weighted by molar-refractivity contribution is 6.30. The fourth-order valence-corrected chi connectivity index (χ4v) is 2.71. The van der Waals surface area contributed by atoms with Gasteiger partial charge in [-0.15, -0.1) is 0 Å². The molecule has 0 amide bonds. The lowest BCUT2D eigenvalue weighted by atomic mass is 9.76. The largest absolute Gasteiger partial charge is 0.382 e. The molecule has 1 saturated carbocycles. The Balaban J connectivity index is 1.71. The van der Waals surface area contributed by atoms with Gasteiger partial charge in [-0.1, -0.05) is 23.7 Å². The van der Waals surface area contributed by atoms with Crippen molar-refractivity contribution in [2.45, 2.75) is 30.9 Å². The van der Waals surface area contributed by atoms with E-state index in [4.69, 9.17) is 21.1 Å². The van der Waals surface area contributed by atoms with Crippen molar-refractivity contribution >= 4 is 11.6 Å². The Morgan fingerprint density at radius 3 is 2.79 bits per heavy atom. The molecule has 4 heteroatoms. The van der Waals surface area contributed by atoms with Gasteiger partial charge in [0.1, 0.15) is 0 Å². The molecular weight excluding hydrogens is 262 g/mol. The molecule has 1 aromatic carbocycles. The van der Waals surface area contributed by atoms with Crippen molar-refractivity contribution in [3.63, 3.8) is 0 Å². The lowest BCUT2D eigenvalue weighted by Crippen LogP contribution is -2.44. The second-order valence-corrected chi connectivity index (χ2v) is 5.58. The summed E-state index contributed by atoms with van der Waals surface area (Å²) in [5, 5.41) is 4.36. The maximum Gasteiger partial charge on any atom is 0.0928 e. The van der Waals surface area contributed by atoms with Crippen LogP contribution in [0.4, 0.5) is 0 Å². The first-order chi connectivity index (χ1) is 9.22. The summed E-state index contributed by atoms with van der Waals surface area (Å²) in [5.74, 6) is 0.639. The van der Waals surface area contributed by atoms with Gasteiger partial charge in [0.2, 0.25) is 0 Å². The molecular formula is C15H22ClNO2. The highest BCUT2D eigenvalue weighted by Gasteiger charge is 2.30. The van der Waals surface area contributed by atoms with Crippen LogP contribution >= 0.6 is 11.6 Å². The summed E-state index contributed by atoms with van der Waals surface area (Å²) in [7, 11) is 3.42. The van der Waals surface area contributed by atoms with E-state index in [1.165, 1.54) is 18.4 Å². The Labute approximate surface area is 120 Å². The van der Waals surface area contributed by atoms with Crippen LogP contribution in [0, 0.1) is 0 Å². The maximum absolute atomic E-state index is 6.02. The van der Waals surface area contributed by atoms with Gasteiger partial charge in [-0.05, 0) is 36.5 Å². The zero-order valence-corrected chi connectivity index (χ0v) is 12.3. The SMILES string of the molecule is COCC(CNC1CC(c2cccc(Cl)c2)C1)OC. The number of halogens is 1. The molecule has 2 rings (SSSR count). The third-order valence-electron chi connectivity index (χ3n) is 3.78. The predicted molar refractivity (Wildman–Crippen MR) is 77.9 cm³/mol. The van der Waals surface area contributed by atoms with E-state index in [0.29, 0.717) is 18.6 Å². The monoisotopic (exact) mass is 283 g/mol. The van der Waals surface area contributed by atoms with Gasteiger partial charge in [0.15, 0.2) is 0 Å². The zero-order valence-electron chi connectivity index (χ0n) is 11.6. The van der Waals surface area contributed by atoms with Crippen LogP contribution in [0.25, 0.3) is 0 Å². The van der Waals surface area contributed by atoms with Crippen LogP contribution in [0.5, 0.6) is 0 Å². The lowest BCUT2D eigenvalue weighted by Gasteiger charge is -2.37. The molecule has 1 fully saturated rings. The van der Waals surface area contributed by atoms with Crippen LogP contribution < -0.4 is 5.32 Å². The minimum Gasteiger partial charge on any atom is -0.382 e. The van der Waals surface area contributed by atoms with Crippen molar-refractivity contribution in [1.82, 2.24) is 5.32 Å². The average Bonchev–Trinajstić information content (AvgIpc) is 2.35. The Bertz CT molecular complexity index is 393. The topological polar surface area (TPSA) is 30.5 Å². The minimum atomic E-state index is 0.134. The quantitative estimate of drug-likeness (QED) is 0.835. The molecule has 1 N–H and O–H groups in total. The Hall–Kier alpha value is -0.610. The van der Waals surface area contributed by atoms with E-state index in [-0.39, 0.29) is 6.10 Å². The number of hydrogen-bond donors (Lipinski definition) is 1. The summed E-state index contributed by atoms with van der Waals surface area (Å²) in [6, 6.07) is 8.77. The van der Waals surface area contributed by atoms with Gasteiger partial charge < -0.3 is 14.8 Å². The molecule has 0 aromatic heterocycles. The summed E-state index contributed by atoms with van der Waals surface area (Å²) in [4.78, 5) is 0. The normalized spacial score (nSPS) is 23.9. The number of hydrogen-bond acceptors (Lipinski definition) is 3. The second kappa shape index (κ2) is 7.25. The zero-order chi connectivity index (χ0) is 13.7. The van der Waals surface area contributed by atoms with Crippen LogP contribution in [0.1, 0.15) is 24.3 Å². The van der Waals surface area contributed by atoms with E-state index in [1.807, 2.05) is 12.1 Å². The molecule has 0 radical (unpaired) electrons. The standard InChI is InChI=1S/C15H22ClNO2/c1-18-10-15(19-2)9-17-14-7-12(8-14)11-4-3-5-13(16)6-11/h3-6,12,14-15,17H,7-10H2,1-2H3. The van der Waals surface area contributed by atoms with Gasteiger partial charge in [0.25, 0.3) is 0 Å². The Kier molecular flexibility index (Phi) is 5.64. The van der Waals surface area contributed by atoms with Crippen molar-refractivity contribution in [3.05, 3.63) is 34.9 Å². The minimum absolute atomic E-state index is 0.134. The van der Waals surface area contributed by atoms with E-state index in [9.17, 15) is 0 Å². The average molecular weight is 284 g/mol. The summed E-state index contributed by atoms with van der Waals surface area (Å²) >= 11 is 6.02. The summed E-state index contributed by atoms with van der Waals surface area (Å²) < 4.78 is 10.4. The number of benzene rings is 1. The molecule has 0 spiro atoms. The summed E-state index contributed by atoms with van der Waals surface area (Å²) in [6.45, 7) is 1.48. The summed E-state index contributed by atoms with van der Waals surface area (Å²) in [5.41, 5.74) is 1.35. The van der Waals surface area contributed by atoms with E-state index >= 15 is 0 Å². The molecule has 3 nitrogen and oxygen atoms in total. The fraction of sp³-hybridized carbons (Fsp3) is 0.600. The molecule has 1 aliphatic rings. The Morgan fingerprint density at radius 1 is 1.37 bits per heavy atom. The first-order valence-corrected chi connectivity index (χ1v) is 7.11. The van der Waals surface area contributed by atoms with Crippen LogP contribution in [-0.2, 0) is 9.47 Å². The highest BCUT2D eigenvalue weighted by Crippen LogP contribution is 2.37. The fourth-order valence-electron chi connectivity index (χ4n) is 2.51. The van der Waals surface area contributed by atoms with Crippen molar-refractivity contribution in [2.75, 3.05) is 27.4 Å². The number of ether oxygens (including phenoxy) is 2. The lowest BCUT2D eigenvalue weighted by molar-refractivity contribution is 0.0251. The van der Waals surface area contributed by atoms with Gasteiger partial charge in [-0.25, -0.2) is 0 Å². The number of methoxy groups -OCH3 is 2. The van der Waals surface area contributed by atoms with Crippen LogP contribution in [0.2, 0.25) is 5.02 Å². The number of rotatable bonds is 7. The van der Waals surface area contributed by atoms with Crippen molar-refractivity contribution < 1.29 is 9.47 Å². The molecule has 0 saturated heterocycles. The molecule has 0 bridgehead atoms. The van der Waals surface area contributed by atoms with Crippen molar-refractivity contribution in [2.24, 2.45) is 0 Å². The predicted octanol–water partition coefficient (Wildman–Crippen LogP) is 2.84. The van der Waals surface area contributed by atoms with Crippen LogP contribution in [-0.4, -0.2) is 39.5 Å². The molecule has 19 heavy (non-hydrogen) atoms. The van der Waals surface area contributed by atoms with E-state index in [1.54, 1.807) is 14.2 Å². The number of nitrogens with one attached hydrogen (secondary N) is 1. The van der Waals surface area contributed by atoms with Crippen molar-refractivity contribution in [1.29, 1.82) is 0 Å². The van der Waals surface area contributed by atoms with Crippen LogP contribution in [0.15, 0.2) is 24.3 Å². The molecule has 0 heterocycles. The van der Waals surface area contributed by atoms with Gasteiger partial charge in [0, 0.05) is 31.8 Å². The third kappa shape index (κ3) is 4.18. The van der Waals surface area contributed by atoms with Gasteiger partial charge in [-0.2, -0.15) is 0 Å². The third-order valence-corrected chi connectivity index (χ3v) is 4.01. The molecule has 1 unspecified atom stereocenters. The van der Waals surface area contributed by atoms with E-state index in [0.717, 1.165) is 11.6 Å². The molecule has 1 aliphatic carbocycles. The van der Waals surface area contributed by atoms with E-state index in [2.05, 4.69) is 17.4 Å². The first-order valence-electron chi connectivity index (χ1n) is 6.73. The van der Waals surface area contributed by atoms with E-state index < -0.39 is 0 Å².